The van der Waals surface area contributed by atoms with E-state index in [2.05, 4.69) is 10.6 Å². The van der Waals surface area contributed by atoms with E-state index < -0.39 is 18.0 Å². The third kappa shape index (κ3) is 5.03. The lowest BCUT2D eigenvalue weighted by Gasteiger charge is -2.23. The molecule has 0 fully saturated rings. The highest BCUT2D eigenvalue weighted by Crippen LogP contribution is 2.00. The molecule has 0 aliphatic carbocycles. The minimum absolute atomic E-state index is 0.167. The lowest BCUT2D eigenvalue weighted by atomic mass is 10.1. The molecule has 7 nitrogen and oxygen atoms in total. The fourth-order valence-corrected chi connectivity index (χ4v) is 1.42. The molecule has 0 aliphatic rings. The van der Waals surface area contributed by atoms with E-state index in [-0.39, 0.29) is 18.4 Å². The van der Waals surface area contributed by atoms with Crippen LogP contribution < -0.4 is 10.6 Å². The first-order chi connectivity index (χ1) is 8.33. The molecule has 0 saturated heterocycles. The van der Waals surface area contributed by atoms with Crippen LogP contribution in [0, 0.1) is 5.92 Å². The number of hydrogen-bond donors (Lipinski definition) is 3. The summed E-state index contributed by atoms with van der Waals surface area (Å²) in [7, 11) is 3.04. The number of carboxylic acids is 1. The molecular weight excluding hydrogens is 238 g/mol. The molecule has 0 radical (unpaired) electrons. The fourth-order valence-electron chi connectivity index (χ4n) is 1.42. The molecule has 2 atom stereocenters. The Hall–Kier alpha value is -1.79. The Labute approximate surface area is 107 Å². The van der Waals surface area contributed by atoms with Gasteiger partial charge in [0.2, 0.25) is 5.91 Å². The van der Waals surface area contributed by atoms with Crippen LogP contribution in [-0.2, 0) is 9.59 Å². The number of rotatable bonds is 6. The van der Waals surface area contributed by atoms with Crippen molar-refractivity contribution in [2.45, 2.75) is 26.3 Å². The molecule has 0 aromatic carbocycles. The first-order valence-corrected chi connectivity index (χ1v) is 5.79. The van der Waals surface area contributed by atoms with Crippen molar-refractivity contribution in [2.75, 3.05) is 20.6 Å². The Morgan fingerprint density at radius 1 is 1.33 bits per heavy atom. The maximum atomic E-state index is 11.7. The first kappa shape index (κ1) is 16.2. The summed E-state index contributed by atoms with van der Waals surface area (Å²) in [5.41, 5.74) is 0. The van der Waals surface area contributed by atoms with Crippen molar-refractivity contribution in [3.8, 4) is 0 Å². The second kappa shape index (κ2) is 7.52. The normalized spacial score (nSPS) is 13.3. The van der Waals surface area contributed by atoms with Gasteiger partial charge in [0.15, 0.2) is 0 Å². The van der Waals surface area contributed by atoms with Crippen molar-refractivity contribution in [1.82, 2.24) is 15.5 Å². The van der Waals surface area contributed by atoms with E-state index in [1.807, 2.05) is 0 Å². The quantitative estimate of drug-likeness (QED) is 0.619. The number of carbonyl (C=O) groups is 3. The van der Waals surface area contributed by atoms with Crippen LogP contribution in [0.25, 0.3) is 0 Å². The molecule has 3 N–H and O–H groups in total. The molecule has 0 bridgehead atoms. The lowest BCUT2D eigenvalue weighted by molar-refractivity contribution is -0.139. The SMILES string of the molecule is CC[C@H](NC(=O)N(C)CC(C)C(=O)NC)C(=O)O. The van der Waals surface area contributed by atoms with Crippen molar-refractivity contribution in [3.63, 3.8) is 0 Å². The van der Waals surface area contributed by atoms with Crippen LogP contribution in [0.1, 0.15) is 20.3 Å². The van der Waals surface area contributed by atoms with Crippen LogP contribution in [-0.4, -0.2) is 54.6 Å². The van der Waals surface area contributed by atoms with Gasteiger partial charge < -0.3 is 20.6 Å². The molecule has 0 spiro atoms. The minimum Gasteiger partial charge on any atom is -0.480 e. The predicted octanol–water partition coefficient (Wildman–Crippen LogP) is -0.127. The zero-order valence-electron chi connectivity index (χ0n) is 11.2. The molecular formula is C11H21N3O4. The van der Waals surface area contributed by atoms with Gasteiger partial charge >= 0.3 is 12.0 Å². The Bertz CT molecular complexity index is 319. The summed E-state index contributed by atoms with van der Waals surface area (Å²) < 4.78 is 0. The second-order valence-corrected chi connectivity index (χ2v) is 4.14. The Morgan fingerprint density at radius 3 is 2.28 bits per heavy atom. The van der Waals surface area contributed by atoms with Crippen LogP contribution in [0.15, 0.2) is 0 Å². The number of aliphatic carboxylic acids is 1. The van der Waals surface area contributed by atoms with Crippen LogP contribution in [0.5, 0.6) is 0 Å². The molecule has 0 heterocycles. The van der Waals surface area contributed by atoms with Gasteiger partial charge in [-0.15, -0.1) is 0 Å². The zero-order valence-corrected chi connectivity index (χ0v) is 11.2. The number of nitrogens with zero attached hydrogens (tertiary/aromatic N) is 1. The van der Waals surface area contributed by atoms with E-state index in [0.717, 1.165) is 0 Å². The Morgan fingerprint density at radius 2 is 1.89 bits per heavy atom. The van der Waals surface area contributed by atoms with Gasteiger partial charge in [-0.1, -0.05) is 13.8 Å². The summed E-state index contributed by atoms with van der Waals surface area (Å²) >= 11 is 0. The van der Waals surface area contributed by atoms with Crippen molar-refractivity contribution >= 4 is 17.9 Å². The minimum atomic E-state index is -1.07. The average molecular weight is 259 g/mol. The molecule has 0 aromatic rings. The van der Waals surface area contributed by atoms with E-state index in [1.54, 1.807) is 13.8 Å². The van der Waals surface area contributed by atoms with Crippen LogP contribution in [0.3, 0.4) is 0 Å². The molecule has 104 valence electrons. The van der Waals surface area contributed by atoms with E-state index >= 15 is 0 Å². The van der Waals surface area contributed by atoms with Crippen LogP contribution in [0.4, 0.5) is 4.79 Å². The third-order valence-electron chi connectivity index (χ3n) is 2.59. The molecule has 0 rings (SSSR count). The van der Waals surface area contributed by atoms with Gasteiger partial charge in [-0.25, -0.2) is 9.59 Å². The Balaban J connectivity index is 4.34. The second-order valence-electron chi connectivity index (χ2n) is 4.14. The number of hydrogen-bond acceptors (Lipinski definition) is 3. The lowest BCUT2D eigenvalue weighted by Crippen LogP contribution is -2.48. The zero-order chi connectivity index (χ0) is 14.3. The summed E-state index contributed by atoms with van der Waals surface area (Å²) in [5, 5.41) is 13.7. The van der Waals surface area contributed by atoms with Gasteiger partial charge in [0, 0.05) is 20.6 Å². The van der Waals surface area contributed by atoms with Gasteiger partial charge in [-0.2, -0.15) is 0 Å². The highest BCUT2D eigenvalue weighted by molar-refractivity contribution is 5.83. The van der Waals surface area contributed by atoms with Crippen molar-refractivity contribution in [1.29, 1.82) is 0 Å². The van der Waals surface area contributed by atoms with Crippen molar-refractivity contribution < 1.29 is 19.5 Å². The smallest absolute Gasteiger partial charge is 0.326 e. The van der Waals surface area contributed by atoms with Gasteiger partial charge in [0.1, 0.15) is 6.04 Å². The van der Waals surface area contributed by atoms with Gasteiger partial charge in [0.25, 0.3) is 0 Å². The van der Waals surface area contributed by atoms with Crippen LogP contribution >= 0.6 is 0 Å². The number of amides is 3. The topological polar surface area (TPSA) is 98.7 Å². The molecule has 7 heteroatoms. The van der Waals surface area contributed by atoms with E-state index in [4.69, 9.17) is 5.11 Å². The van der Waals surface area contributed by atoms with Gasteiger partial charge in [-0.3, -0.25) is 4.79 Å². The average Bonchev–Trinajstić information content (AvgIpc) is 2.33. The fraction of sp³-hybridized carbons (Fsp3) is 0.727. The van der Waals surface area contributed by atoms with E-state index in [9.17, 15) is 14.4 Å². The van der Waals surface area contributed by atoms with Gasteiger partial charge in [-0.05, 0) is 6.42 Å². The van der Waals surface area contributed by atoms with E-state index in [1.165, 1.54) is 19.0 Å². The third-order valence-corrected chi connectivity index (χ3v) is 2.59. The number of carboxylic acid groups (broad SMARTS) is 1. The molecule has 3 amide bonds. The van der Waals surface area contributed by atoms with Crippen molar-refractivity contribution in [2.24, 2.45) is 5.92 Å². The van der Waals surface area contributed by atoms with Gasteiger partial charge in [0.05, 0.1) is 5.92 Å². The molecule has 0 saturated carbocycles. The monoisotopic (exact) mass is 259 g/mol. The summed E-state index contributed by atoms with van der Waals surface area (Å²) in [4.78, 5) is 35.0. The summed E-state index contributed by atoms with van der Waals surface area (Å²) in [6.45, 7) is 3.59. The summed E-state index contributed by atoms with van der Waals surface area (Å²) in [6, 6.07) is -1.41. The number of carbonyl (C=O) groups excluding carboxylic acids is 2. The standard InChI is InChI=1S/C11H21N3O4/c1-5-8(10(16)17)13-11(18)14(4)6-7(2)9(15)12-3/h7-8H,5-6H2,1-4H3,(H,12,15)(H,13,18)(H,16,17)/t7?,8-/m0/s1. The Kier molecular flexibility index (Phi) is 6.77. The van der Waals surface area contributed by atoms with Crippen molar-refractivity contribution in [3.05, 3.63) is 0 Å². The predicted molar refractivity (Wildman–Crippen MR) is 66.1 cm³/mol. The van der Waals surface area contributed by atoms with E-state index in [0.29, 0.717) is 6.42 Å². The number of urea groups is 1. The maximum absolute atomic E-state index is 11.7. The molecule has 0 aliphatic heterocycles. The largest absolute Gasteiger partial charge is 0.480 e. The molecule has 18 heavy (non-hydrogen) atoms. The maximum Gasteiger partial charge on any atom is 0.326 e. The first-order valence-electron chi connectivity index (χ1n) is 5.79. The molecule has 0 aromatic heterocycles. The number of nitrogens with one attached hydrogen (secondary N) is 2. The highest BCUT2D eigenvalue weighted by atomic mass is 16.4. The van der Waals surface area contributed by atoms with Crippen LogP contribution in [0.2, 0.25) is 0 Å². The highest BCUT2D eigenvalue weighted by Gasteiger charge is 2.22. The molecule has 1 unspecified atom stereocenters. The summed E-state index contributed by atoms with van der Waals surface area (Å²) in [5.74, 6) is -1.59. The summed E-state index contributed by atoms with van der Waals surface area (Å²) in [6.07, 6.45) is 0.305.